The molecule has 1 fully saturated rings. The first-order valence-corrected chi connectivity index (χ1v) is 9.92. The van der Waals surface area contributed by atoms with Crippen molar-refractivity contribution in [3.8, 4) is 0 Å². The summed E-state index contributed by atoms with van der Waals surface area (Å²) in [7, 11) is -3.42. The largest absolute Gasteiger partial charge is 0.387 e. The zero-order valence-corrected chi connectivity index (χ0v) is 15.4. The Morgan fingerprint density at radius 1 is 1.17 bits per heavy atom. The van der Waals surface area contributed by atoms with Gasteiger partial charge in [0.15, 0.2) is 0 Å². The first-order valence-electron chi connectivity index (χ1n) is 8.48. The lowest BCUT2D eigenvalue weighted by Crippen LogP contribution is -2.35. The van der Waals surface area contributed by atoms with Crippen LogP contribution in [-0.2, 0) is 10.0 Å². The van der Waals surface area contributed by atoms with E-state index in [0.717, 1.165) is 31.2 Å². The number of unbranched alkanes of at least 4 members (excludes halogenated alkanes) is 2. The van der Waals surface area contributed by atoms with Gasteiger partial charge in [-0.2, -0.15) is 4.31 Å². The summed E-state index contributed by atoms with van der Waals surface area (Å²) >= 11 is 0. The van der Waals surface area contributed by atoms with Crippen LogP contribution in [0, 0.1) is 0 Å². The van der Waals surface area contributed by atoms with Gasteiger partial charge in [0.2, 0.25) is 10.0 Å². The molecule has 0 spiro atoms. The zero-order valence-electron chi connectivity index (χ0n) is 14.6. The van der Waals surface area contributed by atoms with Gasteiger partial charge in [0.25, 0.3) is 0 Å². The summed E-state index contributed by atoms with van der Waals surface area (Å²) in [6, 6.07) is 8.93. The van der Waals surface area contributed by atoms with Crippen molar-refractivity contribution in [3.05, 3.63) is 35.9 Å². The second-order valence-electron chi connectivity index (χ2n) is 7.36. The van der Waals surface area contributed by atoms with Crippen LogP contribution in [0.1, 0.15) is 65.0 Å². The molecule has 0 radical (unpaired) electrons. The van der Waals surface area contributed by atoms with Crippen LogP contribution in [0.25, 0.3) is 0 Å². The molecule has 23 heavy (non-hydrogen) atoms. The van der Waals surface area contributed by atoms with Crippen LogP contribution < -0.4 is 0 Å². The van der Waals surface area contributed by atoms with Crippen LogP contribution in [0.3, 0.4) is 0 Å². The highest BCUT2D eigenvalue weighted by Gasteiger charge is 2.60. The van der Waals surface area contributed by atoms with Crippen molar-refractivity contribution in [2.24, 2.45) is 0 Å². The van der Waals surface area contributed by atoms with Crippen molar-refractivity contribution in [1.29, 1.82) is 0 Å². The van der Waals surface area contributed by atoms with E-state index < -0.39 is 20.9 Å². The van der Waals surface area contributed by atoms with E-state index in [0.29, 0.717) is 0 Å². The third-order valence-corrected chi connectivity index (χ3v) is 7.16. The van der Waals surface area contributed by atoms with Gasteiger partial charge in [-0.1, -0.05) is 56.5 Å². The monoisotopic (exact) mass is 339 g/mol. The first kappa shape index (κ1) is 18.4. The lowest BCUT2D eigenvalue weighted by Gasteiger charge is -2.21. The van der Waals surface area contributed by atoms with Crippen molar-refractivity contribution in [2.75, 3.05) is 0 Å². The van der Waals surface area contributed by atoms with Gasteiger partial charge in [0, 0.05) is 6.04 Å². The fourth-order valence-electron chi connectivity index (χ4n) is 3.03. The second-order valence-corrected chi connectivity index (χ2v) is 9.95. The smallest absolute Gasteiger partial charge is 0.219 e. The minimum absolute atomic E-state index is 0.0824. The summed E-state index contributed by atoms with van der Waals surface area (Å²) in [4.78, 5) is 0. The van der Waals surface area contributed by atoms with Gasteiger partial charge < -0.3 is 5.11 Å². The molecular formula is C18H29NO3S. The predicted octanol–water partition coefficient (Wildman–Crippen LogP) is 3.48. The minimum Gasteiger partial charge on any atom is -0.387 e. The van der Waals surface area contributed by atoms with E-state index >= 15 is 0 Å². The molecule has 0 aliphatic carbocycles. The van der Waals surface area contributed by atoms with Gasteiger partial charge in [0.05, 0.1) is 16.9 Å². The molecule has 0 aromatic heterocycles. The highest BCUT2D eigenvalue weighted by molar-refractivity contribution is 7.90. The number of benzene rings is 1. The van der Waals surface area contributed by atoms with Crippen molar-refractivity contribution in [1.82, 2.24) is 4.31 Å². The fraction of sp³-hybridized carbons (Fsp3) is 0.667. The average molecular weight is 340 g/mol. The van der Waals surface area contributed by atoms with E-state index in [1.54, 1.807) is 25.1 Å². The average Bonchev–Trinajstić information content (AvgIpc) is 3.21. The molecule has 0 bridgehead atoms. The number of aliphatic hydroxyl groups excluding tert-OH is 1. The Labute approximate surface area is 140 Å². The molecule has 1 saturated heterocycles. The molecule has 1 aliphatic heterocycles. The molecular weight excluding hydrogens is 310 g/mol. The summed E-state index contributed by atoms with van der Waals surface area (Å²) in [5.41, 5.74) is 0.782. The van der Waals surface area contributed by atoms with Gasteiger partial charge in [-0.05, 0) is 32.8 Å². The Hall–Kier alpha value is -0.910. The Morgan fingerprint density at radius 2 is 1.78 bits per heavy atom. The zero-order chi connectivity index (χ0) is 17.3. The van der Waals surface area contributed by atoms with Crippen LogP contribution in [0.4, 0.5) is 0 Å². The van der Waals surface area contributed by atoms with E-state index in [1.807, 2.05) is 30.3 Å². The molecule has 1 heterocycles. The van der Waals surface area contributed by atoms with Gasteiger partial charge in [0.1, 0.15) is 0 Å². The molecule has 5 heteroatoms. The van der Waals surface area contributed by atoms with Gasteiger partial charge >= 0.3 is 0 Å². The lowest BCUT2D eigenvalue weighted by molar-refractivity contribution is 0.166. The number of aliphatic hydroxyl groups is 1. The molecule has 1 aromatic carbocycles. The Bertz CT molecular complexity index is 607. The highest BCUT2D eigenvalue weighted by Crippen LogP contribution is 2.46. The van der Waals surface area contributed by atoms with Crippen molar-refractivity contribution in [2.45, 2.75) is 76.3 Å². The number of hydrogen-bond acceptors (Lipinski definition) is 3. The van der Waals surface area contributed by atoms with Crippen molar-refractivity contribution < 1.29 is 13.5 Å². The van der Waals surface area contributed by atoms with Crippen molar-refractivity contribution >= 4 is 10.0 Å². The third kappa shape index (κ3) is 3.78. The predicted molar refractivity (Wildman–Crippen MR) is 93.6 cm³/mol. The van der Waals surface area contributed by atoms with Crippen LogP contribution in [0.5, 0.6) is 0 Å². The van der Waals surface area contributed by atoms with E-state index in [2.05, 4.69) is 6.92 Å². The number of sulfonamides is 1. The highest BCUT2D eigenvalue weighted by atomic mass is 32.2. The summed E-state index contributed by atoms with van der Waals surface area (Å²) in [6.07, 6.45) is 3.24. The van der Waals surface area contributed by atoms with E-state index in [4.69, 9.17) is 0 Å². The Kier molecular flexibility index (Phi) is 5.54. The minimum atomic E-state index is -3.42. The third-order valence-electron chi connectivity index (χ3n) is 4.54. The molecule has 1 aromatic rings. The fourth-order valence-corrected chi connectivity index (χ4v) is 4.77. The van der Waals surface area contributed by atoms with Crippen LogP contribution in [0.15, 0.2) is 30.3 Å². The Morgan fingerprint density at radius 3 is 2.30 bits per heavy atom. The molecule has 1 aliphatic rings. The molecule has 4 atom stereocenters. The number of nitrogens with zero attached hydrogens (tertiary/aromatic N) is 1. The summed E-state index contributed by atoms with van der Waals surface area (Å²) in [6.45, 7) is 7.29. The maximum atomic E-state index is 12.8. The molecule has 3 unspecified atom stereocenters. The van der Waals surface area contributed by atoms with Crippen LogP contribution in [-0.4, -0.2) is 34.7 Å². The molecule has 2 rings (SSSR count). The summed E-state index contributed by atoms with van der Waals surface area (Å²) in [5, 5.41) is 10.7. The van der Waals surface area contributed by atoms with Gasteiger partial charge in [-0.15, -0.1) is 0 Å². The van der Waals surface area contributed by atoms with Crippen molar-refractivity contribution in [3.63, 3.8) is 0 Å². The second kappa shape index (κ2) is 6.91. The van der Waals surface area contributed by atoms with Gasteiger partial charge in [-0.3, -0.25) is 0 Å². The molecule has 4 nitrogen and oxygen atoms in total. The quantitative estimate of drug-likeness (QED) is 0.611. The SMILES string of the molecule is CCCCCC1[C@@H](C(O)c2ccccc2)N1S(=O)(=O)C(C)(C)C. The topological polar surface area (TPSA) is 57.4 Å². The standard InChI is InChI=1S/C18H29NO3S/c1-5-6-8-13-15-16(17(20)14-11-9-7-10-12-14)19(15)23(21,22)18(2,3)4/h7,9-12,15-17,20H,5-6,8,13H2,1-4H3/t15?,16-,17?,19?/m0/s1. The Balaban J connectivity index is 2.21. The molecule has 0 amide bonds. The van der Waals surface area contributed by atoms with E-state index in [1.165, 1.54) is 0 Å². The number of hydrogen-bond donors (Lipinski definition) is 1. The molecule has 0 saturated carbocycles. The van der Waals surface area contributed by atoms with E-state index in [9.17, 15) is 13.5 Å². The molecule has 1 N–H and O–H groups in total. The summed E-state index contributed by atoms with van der Waals surface area (Å²) < 4.78 is 26.3. The normalized spacial score (nSPS) is 26.0. The van der Waals surface area contributed by atoms with Crippen LogP contribution in [0.2, 0.25) is 0 Å². The first-order chi connectivity index (χ1) is 10.7. The van der Waals surface area contributed by atoms with Gasteiger partial charge in [-0.25, -0.2) is 8.42 Å². The maximum absolute atomic E-state index is 12.8. The lowest BCUT2D eigenvalue weighted by atomic mass is 10.0. The molecule has 130 valence electrons. The number of rotatable bonds is 7. The van der Waals surface area contributed by atoms with Crippen LogP contribution >= 0.6 is 0 Å². The maximum Gasteiger partial charge on any atom is 0.219 e. The summed E-state index contributed by atoms with van der Waals surface area (Å²) in [5.74, 6) is 0. The van der Waals surface area contributed by atoms with E-state index in [-0.39, 0.29) is 12.1 Å².